The van der Waals surface area contributed by atoms with Gasteiger partial charge in [0.25, 0.3) is 0 Å². The van der Waals surface area contributed by atoms with Gasteiger partial charge in [-0.05, 0) is 24.3 Å². The molecule has 0 aliphatic heterocycles. The Bertz CT molecular complexity index is 421. The smallest absolute Gasteiger partial charge is 0.0701 e. The first-order valence-corrected chi connectivity index (χ1v) is 4.84. The van der Waals surface area contributed by atoms with Crippen molar-refractivity contribution in [3.63, 3.8) is 0 Å². The molecule has 0 fully saturated rings. The molecule has 16 heavy (non-hydrogen) atoms. The molecule has 0 aliphatic carbocycles. The Morgan fingerprint density at radius 1 is 0.812 bits per heavy atom. The van der Waals surface area contributed by atoms with Gasteiger partial charge in [-0.15, -0.1) is 0 Å². The summed E-state index contributed by atoms with van der Waals surface area (Å²) in [5.74, 6) is 0. The topological polar surface area (TPSA) is 63.7 Å². The first-order valence-electron chi connectivity index (χ1n) is 4.84. The van der Waals surface area contributed by atoms with Gasteiger partial charge in [-0.25, -0.2) is 0 Å². The van der Waals surface area contributed by atoms with E-state index in [0.717, 1.165) is 5.52 Å². The molecule has 0 amide bonds. The number of hydrogen-bond acceptors (Lipinski definition) is 2. The summed E-state index contributed by atoms with van der Waals surface area (Å²) in [7, 11) is 0. The maximum atomic E-state index is 4.18. The standard InChI is InChI=1S/C9H7N.C4H5N.H3N/c1-2-6-9-8(4-1)5-3-7-10-9;1-2-4-5-3-1;/h1-7H;1-5H;1H3. The number of rotatable bonds is 0. The molecule has 3 nitrogen and oxygen atoms in total. The largest absolute Gasteiger partial charge is 0.368 e. The second kappa shape index (κ2) is 6.37. The molecule has 0 unspecified atom stereocenters. The number of benzene rings is 1. The number of aromatic nitrogens is 2. The first-order chi connectivity index (χ1) is 7.47. The highest BCUT2D eigenvalue weighted by atomic mass is 14.6. The molecule has 2 heterocycles. The van der Waals surface area contributed by atoms with Crippen molar-refractivity contribution in [2.75, 3.05) is 0 Å². The molecule has 0 bridgehead atoms. The van der Waals surface area contributed by atoms with Gasteiger partial charge in [0, 0.05) is 24.0 Å². The van der Waals surface area contributed by atoms with Crippen molar-refractivity contribution >= 4 is 10.9 Å². The molecule has 4 N–H and O–H groups in total. The lowest BCUT2D eigenvalue weighted by Crippen LogP contribution is -1.73. The van der Waals surface area contributed by atoms with E-state index in [2.05, 4.69) is 22.1 Å². The van der Waals surface area contributed by atoms with E-state index in [1.165, 1.54) is 5.39 Å². The maximum absolute atomic E-state index is 4.18. The summed E-state index contributed by atoms with van der Waals surface area (Å²) in [4.78, 5) is 7.04. The van der Waals surface area contributed by atoms with Crippen LogP contribution in [-0.4, -0.2) is 9.97 Å². The van der Waals surface area contributed by atoms with Gasteiger partial charge in [-0.2, -0.15) is 0 Å². The molecule has 3 rings (SSSR count). The zero-order valence-corrected chi connectivity index (χ0v) is 9.01. The third-order valence-electron chi connectivity index (χ3n) is 2.01. The van der Waals surface area contributed by atoms with Crippen LogP contribution in [0.15, 0.2) is 67.1 Å². The fourth-order valence-corrected chi connectivity index (χ4v) is 1.29. The minimum absolute atomic E-state index is 0. The Labute approximate surface area is 94.7 Å². The molecular weight excluding hydrogens is 198 g/mol. The zero-order chi connectivity index (χ0) is 10.3. The molecule has 0 saturated carbocycles. The molecular formula is C13H15N3. The SMILES string of the molecule is N.c1cc[nH]c1.c1ccc2ncccc2c1. The number of nitrogens with one attached hydrogen (secondary N) is 1. The van der Waals surface area contributed by atoms with Gasteiger partial charge in [0.2, 0.25) is 0 Å². The van der Waals surface area contributed by atoms with Crippen molar-refractivity contribution in [1.29, 1.82) is 0 Å². The van der Waals surface area contributed by atoms with Crippen LogP contribution in [0, 0.1) is 0 Å². The maximum Gasteiger partial charge on any atom is 0.0701 e. The average molecular weight is 213 g/mol. The van der Waals surface area contributed by atoms with E-state index in [1.54, 1.807) is 0 Å². The number of nitrogens with zero attached hydrogens (tertiary/aromatic N) is 1. The highest BCUT2D eigenvalue weighted by Gasteiger charge is 1.86. The summed E-state index contributed by atoms with van der Waals surface area (Å²) in [6.45, 7) is 0. The van der Waals surface area contributed by atoms with Crippen molar-refractivity contribution in [2.45, 2.75) is 0 Å². The molecule has 0 saturated heterocycles. The van der Waals surface area contributed by atoms with E-state index < -0.39 is 0 Å². The normalized spacial score (nSPS) is 8.75. The number of pyridine rings is 1. The van der Waals surface area contributed by atoms with Crippen LogP contribution in [0.25, 0.3) is 10.9 Å². The Hall–Kier alpha value is -2.13. The van der Waals surface area contributed by atoms with E-state index in [1.807, 2.05) is 55.0 Å². The van der Waals surface area contributed by atoms with Crippen LogP contribution in [0.5, 0.6) is 0 Å². The van der Waals surface area contributed by atoms with E-state index in [-0.39, 0.29) is 6.15 Å². The number of fused-ring (bicyclic) bond motifs is 1. The Morgan fingerprint density at radius 2 is 1.50 bits per heavy atom. The van der Waals surface area contributed by atoms with Gasteiger partial charge in [0.05, 0.1) is 5.52 Å². The molecule has 0 radical (unpaired) electrons. The average Bonchev–Trinajstić information content (AvgIpc) is 2.88. The Morgan fingerprint density at radius 3 is 2.12 bits per heavy atom. The molecule has 82 valence electrons. The van der Waals surface area contributed by atoms with Gasteiger partial charge in [0.15, 0.2) is 0 Å². The lowest BCUT2D eigenvalue weighted by molar-refractivity contribution is 1.41. The van der Waals surface area contributed by atoms with E-state index in [0.29, 0.717) is 0 Å². The summed E-state index contributed by atoms with van der Waals surface area (Å²) in [5.41, 5.74) is 1.06. The highest BCUT2D eigenvalue weighted by molar-refractivity contribution is 5.77. The second-order valence-corrected chi connectivity index (χ2v) is 3.08. The highest BCUT2D eigenvalue weighted by Crippen LogP contribution is 2.07. The summed E-state index contributed by atoms with van der Waals surface area (Å²) >= 11 is 0. The Balaban J connectivity index is 0.000000183. The fourth-order valence-electron chi connectivity index (χ4n) is 1.29. The van der Waals surface area contributed by atoms with Crippen LogP contribution in [0.2, 0.25) is 0 Å². The zero-order valence-electron chi connectivity index (χ0n) is 9.01. The second-order valence-electron chi connectivity index (χ2n) is 3.08. The van der Waals surface area contributed by atoms with Crippen LogP contribution in [0.1, 0.15) is 0 Å². The molecule has 1 aromatic carbocycles. The van der Waals surface area contributed by atoms with Crippen LogP contribution >= 0.6 is 0 Å². The predicted octanol–water partition coefficient (Wildman–Crippen LogP) is 3.41. The molecule has 0 atom stereocenters. The van der Waals surface area contributed by atoms with E-state index in [9.17, 15) is 0 Å². The van der Waals surface area contributed by atoms with Gasteiger partial charge >= 0.3 is 0 Å². The fraction of sp³-hybridized carbons (Fsp3) is 0. The van der Waals surface area contributed by atoms with Gasteiger partial charge < -0.3 is 11.1 Å². The van der Waals surface area contributed by atoms with Crippen LogP contribution in [0.3, 0.4) is 0 Å². The monoisotopic (exact) mass is 213 g/mol. The van der Waals surface area contributed by atoms with Crippen molar-refractivity contribution in [3.8, 4) is 0 Å². The minimum atomic E-state index is 0. The van der Waals surface area contributed by atoms with E-state index >= 15 is 0 Å². The number of aromatic amines is 1. The lowest BCUT2D eigenvalue weighted by atomic mass is 10.2. The molecule has 2 aromatic heterocycles. The minimum Gasteiger partial charge on any atom is -0.368 e. The van der Waals surface area contributed by atoms with E-state index in [4.69, 9.17) is 0 Å². The molecule has 3 heteroatoms. The van der Waals surface area contributed by atoms with Gasteiger partial charge in [-0.3, -0.25) is 4.98 Å². The Kier molecular flexibility index (Phi) is 4.76. The summed E-state index contributed by atoms with van der Waals surface area (Å²) in [5, 5.41) is 1.20. The number of para-hydroxylation sites is 1. The lowest BCUT2D eigenvalue weighted by Gasteiger charge is -1.91. The van der Waals surface area contributed by atoms with Crippen LogP contribution in [-0.2, 0) is 0 Å². The van der Waals surface area contributed by atoms with Crippen molar-refractivity contribution in [1.82, 2.24) is 16.1 Å². The predicted molar refractivity (Wildman–Crippen MR) is 67.6 cm³/mol. The van der Waals surface area contributed by atoms with Crippen LogP contribution < -0.4 is 6.15 Å². The molecule has 0 aliphatic rings. The summed E-state index contributed by atoms with van der Waals surface area (Å²) in [6, 6.07) is 16.0. The van der Waals surface area contributed by atoms with Crippen molar-refractivity contribution < 1.29 is 0 Å². The molecule has 3 aromatic rings. The van der Waals surface area contributed by atoms with Gasteiger partial charge in [0.1, 0.15) is 0 Å². The summed E-state index contributed by atoms with van der Waals surface area (Å²) < 4.78 is 0. The van der Waals surface area contributed by atoms with Gasteiger partial charge in [-0.1, -0.05) is 24.3 Å². The molecule has 0 spiro atoms. The van der Waals surface area contributed by atoms with Crippen molar-refractivity contribution in [3.05, 3.63) is 67.1 Å². The third-order valence-corrected chi connectivity index (χ3v) is 2.01. The summed E-state index contributed by atoms with van der Waals surface area (Å²) in [6.07, 6.45) is 5.56. The number of hydrogen-bond donors (Lipinski definition) is 2. The van der Waals surface area contributed by atoms with Crippen molar-refractivity contribution in [2.24, 2.45) is 0 Å². The van der Waals surface area contributed by atoms with Crippen LogP contribution in [0.4, 0.5) is 0 Å². The third kappa shape index (κ3) is 3.22. The quantitative estimate of drug-likeness (QED) is 0.601. The first kappa shape index (κ1) is 11.9. The number of H-pyrrole nitrogens is 1.